The number of hydrogen-bond donors (Lipinski definition) is 1. The van der Waals surface area contributed by atoms with E-state index in [1.165, 1.54) is 17.9 Å². The van der Waals surface area contributed by atoms with Crippen molar-refractivity contribution in [3.63, 3.8) is 0 Å². The third-order valence-corrected chi connectivity index (χ3v) is 4.70. The number of aromatic nitrogens is 6. The standard InChI is InChI=1S/C18H19N7O3.ClH/c1-23-16-14(17(26)24(2)18(23)27)25(10-20-16)8-7-13-21-15(22-28-13)12-5-3-11(9-19)4-6-12;/h3-6,10H,7-9,19H2,1-2H3;1H. The van der Waals surface area contributed by atoms with Gasteiger partial charge in [0.15, 0.2) is 11.2 Å². The van der Waals surface area contributed by atoms with Crippen molar-refractivity contribution >= 4 is 23.6 Å². The Morgan fingerprint density at radius 1 is 1.10 bits per heavy atom. The number of imidazole rings is 1. The molecule has 2 N–H and O–H groups in total. The number of halogens is 1. The van der Waals surface area contributed by atoms with Crippen LogP contribution in [0.5, 0.6) is 0 Å². The Labute approximate surface area is 171 Å². The summed E-state index contributed by atoms with van der Waals surface area (Å²) in [5, 5.41) is 4.01. The van der Waals surface area contributed by atoms with E-state index in [9.17, 15) is 9.59 Å². The van der Waals surface area contributed by atoms with Gasteiger partial charge in [0.2, 0.25) is 11.7 Å². The molecule has 0 radical (unpaired) electrons. The van der Waals surface area contributed by atoms with Gasteiger partial charge in [-0.15, -0.1) is 12.4 Å². The van der Waals surface area contributed by atoms with Crippen LogP contribution in [0.1, 0.15) is 11.5 Å². The Morgan fingerprint density at radius 3 is 2.52 bits per heavy atom. The molecule has 4 rings (SSSR count). The molecule has 11 heteroatoms. The minimum atomic E-state index is -0.412. The van der Waals surface area contributed by atoms with Gasteiger partial charge in [-0.05, 0) is 5.56 Å². The molecule has 0 aliphatic carbocycles. The van der Waals surface area contributed by atoms with Gasteiger partial charge in [-0.3, -0.25) is 13.9 Å². The predicted molar refractivity (Wildman–Crippen MR) is 109 cm³/mol. The summed E-state index contributed by atoms with van der Waals surface area (Å²) in [4.78, 5) is 33.1. The van der Waals surface area contributed by atoms with E-state index in [2.05, 4.69) is 15.1 Å². The number of fused-ring (bicyclic) bond motifs is 1. The highest BCUT2D eigenvalue weighted by Crippen LogP contribution is 2.17. The number of benzene rings is 1. The van der Waals surface area contributed by atoms with Crippen molar-refractivity contribution in [2.45, 2.75) is 19.5 Å². The minimum Gasteiger partial charge on any atom is -0.339 e. The van der Waals surface area contributed by atoms with Gasteiger partial charge in [-0.1, -0.05) is 29.4 Å². The summed E-state index contributed by atoms with van der Waals surface area (Å²) in [6.45, 7) is 0.888. The monoisotopic (exact) mass is 417 g/mol. The van der Waals surface area contributed by atoms with Crippen molar-refractivity contribution in [3.8, 4) is 11.4 Å². The molecule has 1 aromatic carbocycles. The van der Waals surface area contributed by atoms with E-state index in [1.54, 1.807) is 11.6 Å². The van der Waals surface area contributed by atoms with Crippen LogP contribution in [0.4, 0.5) is 0 Å². The lowest BCUT2D eigenvalue weighted by Gasteiger charge is -2.05. The van der Waals surface area contributed by atoms with Gasteiger partial charge in [-0.25, -0.2) is 9.78 Å². The molecule has 0 amide bonds. The summed E-state index contributed by atoms with van der Waals surface area (Å²) in [7, 11) is 3.03. The average molecular weight is 418 g/mol. The van der Waals surface area contributed by atoms with Crippen LogP contribution in [0.25, 0.3) is 22.6 Å². The first kappa shape index (κ1) is 20.5. The summed E-state index contributed by atoms with van der Waals surface area (Å²) in [5.74, 6) is 0.939. The van der Waals surface area contributed by atoms with Gasteiger partial charge >= 0.3 is 5.69 Å². The number of nitrogens with zero attached hydrogens (tertiary/aromatic N) is 6. The average Bonchev–Trinajstić information content (AvgIpc) is 3.36. The maximum Gasteiger partial charge on any atom is 0.332 e. The van der Waals surface area contributed by atoms with Gasteiger partial charge in [0, 0.05) is 39.2 Å². The van der Waals surface area contributed by atoms with Gasteiger partial charge < -0.3 is 14.8 Å². The Morgan fingerprint density at radius 2 is 1.83 bits per heavy atom. The molecular weight excluding hydrogens is 398 g/mol. The first-order chi connectivity index (χ1) is 13.5. The molecular formula is C18H20ClN7O3. The zero-order chi connectivity index (χ0) is 19.8. The second-order valence-electron chi connectivity index (χ2n) is 6.48. The van der Waals surface area contributed by atoms with Gasteiger partial charge in [0.05, 0.1) is 6.33 Å². The third-order valence-electron chi connectivity index (χ3n) is 4.70. The molecule has 0 fully saturated rings. The van der Waals surface area contributed by atoms with Gasteiger partial charge in [0.25, 0.3) is 5.56 Å². The van der Waals surface area contributed by atoms with E-state index in [0.717, 1.165) is 15.7 Å². The van der Waals surface area contributed by atoms with Crippen LogP contribution in [-0.4, -0.2) is 28.8 Å². The summed E-state index contributed by atoms with van der Waals surface area (Å²) >= 11 is 0. The highest BCUT2D eigenvalue weighted by molar-refractivity contribution is 5.85. The molecule has 10 nitrogen and oxygen atoms in total. The van der Waals surface area contributed by atoms with E-state index < -0.39 is 5.69 Å². The Bertz CT molecular complexity index is 1270. The predicted octanol–water partition coefficient (Wildman–Crippen LogP) is 0.607. The molecule has 29 heavy (non-hydrogen) atoms. The van der Waals surface area contributed by atoms with E-state index in [4.69, 9.17) is 10.3 Å². The fourth-order valence-electron chi connectivity index (χ4n) is 3.05. The van der Waals surface area contributed by atoms with Crippen molar-refractivity contribution in [3.05, 3.63) is 62.9 Å². The molecule has 0 aliphatic rings. The normalized spacial score (nSPS) is 11.0. The molecule has 0 aliphatic heterocycles. The van der Waals surface area contributed by atoms with E-state index in [-0.39, 0.29) is 18.0 Å². The second kappa shape index (κ2) is 8.02. The zero-order valence-corrected chi connectivity index (χ0v) is 16.7. The van der Waals surface area contributed by atoms with Crippen LogP contribution < -0.4 is 17.0 Å². The molecule has 3 heterocycles. The summed E-state index contributed by atoms with van der Waals surface area (Å²) < 4.78 is 9.43. The SMILES string of the molecule is Cl.Cn1c(=O)c2c(ncn2CCc2nc(-c3ccc(CN)cc3)no2)n(C)c1=O. The number of aryl methyl sites for hydroxylation is 3. The van der Waals surface area contributed by atoms with E-state index in [0.29, 0.717) is 42.4 Å². The fraction of sp³-hybridized carbons (Fsp3) is 0.278. The number of nitrogens with two attached hydrogens (primary N) is 1. The molecule has 0 bridgehead atoms. The fourth-order valence-corrected chi connectivity index (χ4v) is 3.05. The molecule has 0 spiro atoms. The lowest BCUT2D eigenvalue weighted by Crippen LogP contribution is -2.37. The smallest absolute Gasteiger partial charge is 0.332 e. The molecule has 0 unspecified atom stereocenters. The topological polar surface area (TPSA) is 127 Å². The highest BCUT2D eigenvalue weighted by Gasteiger charge is 2.15. The van der Waals surface area contributed by atoms with Crippen molar-refractivity contribution < 1.29 is 4.52 Å². The lowest BCUT2D eigenvalue weighted by molar-refractivity contribution is 0.372. The Kier molecular flexibility index (Phi) is 5.66. The van der Waals surface area contributed by atoms with Crippen LogP contribution in [0, 0.1) is 0 Å². The summed E-state index contributed by atoms with van der Waals surface area (Å²) in [5.41, 5.74) is 7.38. The number of hydrogen-bond acceptors (Lipinski definition) is 7. The van der Waals surface area contributed by atoms with Gasteiger partial charge in [0.1, 0.15) is 0 Å². The van der Waals surface area contributed by atoms with E-state index in [1.807, 2.05) is 24.3 Å². The van der Waals surface area contributed by atoms with Crippen LogP contribution in [0.3, 0.4) is 0 Å². The van der Waals surface area contributed by atoms with Crippen LogP contribution in [-0.2, 0) is 33.6 Å². The molecule has 0 saturated carbocycles. The third kappa shape index (κ3) is 3.59. The van der Waals surface area contributed by atoms with Crippen molar-refractivity contribution in [1.29, 1.82) is 0 Å². The Balaban J connectivity index is 0.00000240. The first-order valence-corrected chi connectivity index (χ1v) is 8.72. The first-order valence-electron chi connectivity index (χ1n) is 8.72. The van der Waals surface area contributed by atoms with Crippen LogP contribution in [0.2, 0.25) is 0 Å². The van der Waals surface area contributed by atoms with E-state index >= 15 is 0 Å². The highest BCUT2D eigenvalue weighted by atomic mass is 35.5. The molecule has 4 aromatic rings. The molecule has 152 valence electrons. The van der Waals surface area contributed by atoms with Crippen molar-refractivity contribution in [2.75, 3.05) is 0 Å². The number of rotatable bonds is 5. The second-order valence-corrected chi connectivity index (χ2v) is 6.48. The lowest BCUT2D eigenvalue weighted by atomic mass is 10.1. The maximum absolute atomic E-state index is 12.5. The molecule has 0 atom stereocenters. The Hall–Kier alpha value is -3.24. The van der Waals surface area contributed by atoms with Crippen LogP contribution >= 0.6 is 12.4 Å². The zero-order valence-electron chi connectivity index (χ0n) is 15.9. The van der Waals surface area contributed by atoms with Crippen LogP contribution in [0.15, 0.2) is 44.7 Å². The van der Waals surface area contributed by atoms with Crippen molar-refractivity contribution in [2.24, 2.45) is 19.8 Å². The summed E-state index contributed by atoms with van der Waals surface area (Å²) in [6.07, 6.45) is 1.96. The largest absolute Gasteiger partial charge is 0.339 e. The van der Waals surface area contributed by atoms with Crippen molar-refractivity contribution in [1.82, 2.24) is 28.8 Å². The molecule has 3 aromatic heterocycles. The summed E-state index contributed by atoms with van der Waals surface area (Å²) in [6, 6.07) is 7.63. The quantitative estimate of drug-likeness (QED) is 0.503. The maximum atomic E-state index is 12.5. The molecule has 0 saturated heterocycles. The van der Waals surface area contributed by atoms with Gasteiger partial charge in [-0.2, -0.15) is 4.98 Å². The minimum absolute atomic E-state index is 0.